The number of aryl methyl sites for hydroxylation is 2. The van der Waals surface area contributed by atoms with Gasteiger partial charge in [-0.25, -0.2) is 26.8 Å². The molecular formula is C28H27ClN4O4S2. The summed E-state index contributed by atoms with van der Waals surface area (Å²) < 4.78 is 59.7. The molecule has 0 atom stereocenters. The van der Waals surface area contributed by atoms with Crippen LogP contribution in [0.2, 0.25) is 5.02 Å². The Morgan fingerprint density at radius 1 is 0.846 bits per heavy atom. The van der Waals surface area contributed by atoms with E-state index in [0.717, 1.165) is 5.56 Å². The van der Waals surface area contributed by atoms with Crippen LogP contribution in [-0.2, 0) is 26.4 Å². The number of nitrogens with one attached hydrogen (secondary N) is 1. The molecule has 3 aromatic carbocycles. The molecule has 11 heteroatoms. The van der Waals surface area contributed by atoms with E-state index in [-0.39, 0.29) is 37.6 Å². The van der Waals surface area contributed by atoms with Gasteiger partial charge < -0.3 is 4.57 Å². The van der Waals surface area contributed by atoms with Crippen molar-refractivity contribution in [3.8, 4) is 0 Å². The van der Waals surface area contributed by atoms with Crippen LogP contribution in [0.5, 0.6) is 0 Å². The van der Waals surface area contributed by atoms with Crippen molar-refractivity contribution >= 4 is 59.5 Å². The monoisotopic (exact) mass is 582 g/mol. The quantitative estimate of drug-likeness (QED) is 0.232. The number of anilines is 1. The fourth-order valence-corrected chi connectivity index (χ4v) is 7.08. The maximum atomic E-state index is 14.2. The Bertz CT molecular complexity index is 1900. The molecular weight excluding hydrogens is 556 g/mol. The summed E-state index contributed by atoms with van der Waals surface area (Å²) in [4.78, 5) is 9.18. The highest BCUT2D eigenvalue weighted by atomic mass is 35.5. The van der Waals surface area contributed by atoms with Crippen LogP contribution in [0.25, 0.3) is 22.2 Å². The molecule has 0 bridgehead atoms. The molecule has 5 rings (SSSR count). The Morgan fingerprint density at radius 3 is 2.05 bits per heavy atom. The Kier molecular flexibility index (Phi) is 7.13. The first-order chi connectivity index (χ1) is 18.5. The van der Waals surface area contributed by atoms with E-state index < -0.39 is 19.9 Å². The highest BCUT2D eigenvalue weighted by Gasteiger charge is 2.33. The van der Waals surface area contributed by atoms with Crippen LogP contribution >= 0.6 is 11.6 Å². The van der Waals surface area contributed by atoms with Crippen LogP contribution in [-0.4, -0.2) is 31.4 Å². The number of hydrogen-bond acceptors (Lipinski definition) is 6. The van der Waals surface area contributed by atoms with Gasteiger partial charge in [-0.3, -0.25) is 4.72 Å². The maximum Gasteiger partial charge on any atom is 0.263 e. The number of sulfonamides is 1. The van der Waals surface area contributed by atoms with E-state index >= 15 is 0 Å². The third kappa shape index (κ3) is 5.24. The van der Waals surface area contributed by atoms with Gasteiger partial charge in [0.25, 0.3) is 10.0 Å². The summed E-state index contributed by atoms with van der Waals surface area (Å²) >= 11 is 5.97. The average molecular weight is 583 g/mol. The lowest BCUT2D eigenvalue weighted by Gasteiger charge is -2.15. The van der Waals surface area contributed by atoms with Crippen molar-refractivity contribution in [1.82, 2.24) is 14.5 Å². The average Bonchev–Trinajstić information content (AvgIpc) is 3.18. The van der Waals surface area contributed by atoms with E-state index in [4.69, 9.17) is 21.6 Å². The summed E-state index contributed by atoms with van der Waals surface area (Å²) in [5.41, 5.74) is 2.35. The molecule has 39 heavy (non-hydrogen) atoms. The van der Waals surface area contributed by atoms with Crippen molar-refractivity contribution in [3.05, 3.63) is 83.4 Å². The van der Waals surface area contributed by atoms with Gasteiger partial charge in [0.05, 0.1) is 20.8 Å². The van der Waals surface area contributed by atoms with Gasteiger partial charge in [0.2, 0.25) is 9.84 Å². The first kappa shape index (κ1) is 27.1. The number of sulfone groups is 1. The van der Waals surface area contributed by atoms with E-state index in [9.17, 15) is 16.8 Å². The van der Waals surface area contributed by atoms with Crippen LogP contribution in [0.1, 0.15) is 25.8 Å². The topological polar surface area (TPSA) is 111 Å². The number of halogens is 1. The predicted octanol–water partition coefficient (Wildman–Crippen LogP) is 6.23. The summed E-state index contributed by atoms with van der Waals surface area (Å²) in [7, 11) is -8.44. The zero-order chi connectivity index (χ0) is 27.9. The van der Waals surface area contributed by atoms with E-state index in [2.05, 4.69) is 4.72 Å². The molecule has 0 aliphatic carbocycles. The molecule has 0 aliphatic heterocycles. The van der Waals surface area contributed by atoms with Crippen molar-refractivity contribution < 1.29 is 16.8 Å². The second-order valence-corrected chi connectivity index (χ2v) is 13.8. The minimum atomic E-state index is -4.23. The van der Waals surface area contributed by atoms with E-state index in [1.54, 1.807) is 34.9 Å². The van der Waals surface area contributed by atoms with E-state index in [0.29, 0.717) is 29.0 Å². The summed E-state index contributed by atoms with van der Waals surface area (Å²) in [5.74, 6) is 0.158. The number of nitrogens with zero attached hydrogens (tertiary/aromatic N) is 3. The number of fused-ring (bicyclic) bond motifs is 2. The van der Waals surface area contributed by atoms with Crippen LogP contribution < -0.4 is 4.72 Å². The second-order valence-electron chi connectivity index (χ2n) is 9.77. The smallest absolute Gasteiger partial charge is 0.263 e. The van der Waals surface area contributed by atoms with Crippen molar-refractivity contribution in [3.63, 3.8) is 0 Å². The number of para-hydroxylation sites is 2. The van der Waals surface area contributed by atoms with Gasteiger partial charge in [0.15, 0.2) is 5.65 Å². The third-order valence-corrected chi connectivity index (χ3v) is 9.82. The summed E-state index contributed by atoms with van der Waals surface area (Å²) in [5, 5.41) is 0.378. The van der Waals surface area contributed by atoms with Crippen molar-refractivity contribution in [1.29, 1.82) is 0 Å². The minimum Gasteiger partial charge on any atom is -0.309 e. The van der Waals surface area contributed by atoms with Gasteiger partial charge >= 0.3 is 0 Å². The predicted molar refractivity (Wildman–Crippen MR) is 153 cm³/mol. The van der Waals surface area contributed by atoms with Crippen molar-refractivity contribution in [2.75, 3.05) is 4.72 Å². The van der Waals surface area contributed by atoms with Gasteiger partial charge in [-0.1, -0.05) is 55.3 Å². The summed E-state index contributed by atoms with van der Waals surface area (Å²) in [6.45, 7) is 6.25. The lowest BCUT2D eigenvalue weighted by atomic mass is 10.1. The van der Waals surface area contributed by atoms with Crippen LogP contribution in [0.4, 0.5) is 5.82 Å². The first-order valence-corrected chi connectivity index (χ1v) is 15.7. The van der Waals surface area contributed by atoms with Gasteiger partial charge in [0.1, 0.15) is 16.2 Å². The summed E-state index contributed by atoms with van der Waals surface area (Å²) in [6, 6.07) is 19.2. The van der Waals surface area contributed by atoms with Crippen molar-refractivity contribution in [2.45, 2.75) is 48.4 Å². The molecule has 0 aliphatic rings. The van der Waals surface area contributed by atoms with Gasteiger partial charge in [0, 0.05) is 11.6 Å². The fourth-order valence-electron chi connectivity index (χ4n) is 4.27. The molecule has 0 amide bonds. The molecule has 0 radical (unpaired) electrons. The number of hydrogen-bond donors (Lipinski definition) is 1. The third-order valence-electron chi connectivity index (χ3n) is 6.39. The Balaban J connectivity index is 1.85. The molecule has 202 valence electrons. The van der Waals surface area contributed by atoms with Crippen LogP contribution in [0.3, 0.4) is 0 Å². The van der Waals surface area contributed by atoms with Crippen molar-refractivity contribution in [2.24, 2.45) is 5.92 Å². The van der Waals surface area contributed by atoms with Gasteiger partial charge in [-0.15, -0.1) is 0 Å². The molecule has 0 unspecified atom stereocenters. The summed E-state index contributed by atoms with van der Waals surface area (Å²) in [6.07, 6.45) is 0.651. The molecule has 2 heterocycles. The minimum absolute atomic E-state index is 0.0258. The fraction of sp³-hybridized carbons (Fsp3) is 0.214. The van der Waals surface area contributed by atoms with E-state index in [1.165, 1.54) is 36.4 Å². The highest BCUT2D eigenvalue weighted by Crippen LogP contribution is 2.38. The molecule has 0 spiro atoms. The first-order valence-electron chi connectivity index (χ1n) is 12.4. The molecule has 0 fully saturated rings. The normalized spacial score (nSPS) is 12.4. The number of benzene rings is 3. The zero-order valence-electron chi connectivity index (χ0n) is 21.6. The van der Waals surface area contributed by atoms with Gasteiger partial charge in [-0.2, -0.15) is 0 Å². The highest BCUT2D eigenvalue weighted by molar-refractivity contribution is 7.93. The van der Waals surface area contributed by atoms with Crippen LogP contribution in [0.15, 0.2) is 87.5 Å². The zero-order valence-corrected chi connectivity index (χ0v) is 24.0. The maximum absolute atomic E-state index is 14.2. The SMILES string of the molecule is Cc1ccc(S(=O)(=O)c2c(NS(=O)(=O)c3ccc(Cl)cc3)n(CCC(C)C)c3nc4ccccc4nc23)cc1. The Hall–Kier alpha value is -3.47. The lowest BCUT2D eigenvalue weighted by Crippen LogP contribution is -2.18. The van der Waals surface area contributed by atoms with Crippen LogP contribution in [0, 0.1) is 12.8 Å². The number of rotatable bonds is 8. The second kappa shape index (κ2) is 10.3. The van der Waals surface area contributed by atoms with E-state index in [1.807, 2.05) is 26.8 Å². The standard InChI is InChI=1S/C28H27ClN4O4S2/c1-18(2)16-17-33-27-25(30-23-6-4-5-7-24(23)31-27)26(38(34,35)21-12-8-19(3)9-13-21)28(33)32-39(36,37)22-14-10-20(29)11-15-22/h4-15,18,32H,16-17H2,1-3H3. The van der Waals surface area contributed by atoms with Gasteiger partial charge in [-0.05, 0) is 67.8 Å². The largest absolute Gasteiger partial charge is 0.309 e. The molecule has 0 saturated carbocycles. The molecule has 0 saturated heterocycles. The molecule has 5 aromatic rings. The Morgan fingerprint density at radius 2 is 1.44 bits per heavy atom. The number of aromatic nitrogens is 3. The Labute approximate surface area is 232 Å². The molecule has 1 N–H and O–H groups in total. The molecule has 2 aromatic heterocycles. The lowest BCUT2D eigenvalue weighted by molar-refractivity contribution is 0.524. The molecule has 8 nitrogen and oxygen atoms in total.